The van der Waals surface area contributed by atoms with Crippen LogP contribution in [0.2, 0.25) is 10.0 Å². The van der Waals surface area contributed by atoms with E-state index in [1.54, 1.807) is 29.8 Å². The highest BCUT2D eigenvalue weighted by Gasteiger charge is 2.37. The second-order valence-electron chi connectivity index (χ2n) is 8.29. The predicted molar refractivity (Wildman–Crippen MR) is 132 cm³/mol. The van der Waals surface area contributed by atoms with Crippen LogP contribution in [0, 0.1) is 0 Å². The second kappa shape index (κ2) is 9.58. The van der Waals surface area contributed by atoms with Gasteiger partial charge in [-0.1, -0.05) is 53.5 Å². The Morgan fingerprint density at radius 2 is 1.79 bits per heavy atom. The number of carbonyl (C=O) groups is 2. The maximum Gasteiger partial charge on any atom is 0.303 e. The molecule has 3 aromatic rings. The molecule has 1 saturated heterocycles. The molecule has 1 fully saturated rings. The first-order chi connectivity index (χ1) is 16.1. The Morgan fingerprint density at radius 1 is 1.09 bits per heavy atom. The van der Waals surface area contributed by atoms with E-state index >= 15 is 0 Å². The Bertz CT molecular complexity index is 1360. The number of amides is 2. The Labute approximate surface area is 208 Å². The number of piperidine rings is 1. The lowest BCUT2D eigenvalue weighted by Crippen LogP contribution is -2.54. The summed E-state index contributed by atoms with van der Waals surface area (Å²) in [7, 11) is -2.19. The summed E-state index contributed by atoms with van der Waals surface area (Å²) in [6.45, 7) is 1.43. The fourth-order valence-electron chi connectivity index (χ4n) is 4.41. The van der Waals surface area contributed by atoms with Crippen molar-refractivity contribution in [1.29, 1.82) is 0 Å². The molecule has 2 N–H and O–H groups in total. The highest BCUT2D eigenvalue weighted by atomic mass is 35.5. The second-order valence-corrected chi connectivity index (χ2v) is 10.7. The topological polar surface area (TPSA) is 101 Å². The minimum atomic E-state index is -3.97. The lowest BCUT2D eigenvalue weighted by molar-refractivity contribution is -0.117. The summed E-state index contributed by atoms with van der Waals surface area (Å²) in [4.78, 5) is 24.7. The van der Waals surface area contributed by atoms with Crippen LogP contribution >= 0.6 is 23.2 Å². The summed E-state index contributed by atoms with van der Waals surface area (Å²) in [5, 5.41) is 4.55. The molecule has 2 aromatic carbocycles. The Balaban J connectivity index is 1.62. The summed E-state index contributed by atoms with van der Waals surface area (Å²) < 4.78 is 30.2. The van der Waals surface area contributed by atoms with Gasteiger partial charge >= 0.3 is 10.2 Å². The van der Waals surface area contributed by atoms with Crippen molar-refractivity contribution in [2.75, 3.05) is 13.1 Å². The number of hydrogen-bond donors (Lipinski definition) is 2. The van der Waals surface area contributed by atoms with Gasteiger partial charge in [0.05, 0.1) is 10.0 Å². The van der Waals surface area contributed by atoms with Crippen LogP contribution in [-0.2, 0) is 22.1 Å². The number of nitrogens with zero attached hydrogens (tertiary/aromatic N) is 2. The van der Waals surface area contributed by atoms with Crippen LogP contribution in [0.1, 0.15) is 35.3 Å². The molecule has 0 saturated carbocycles. The highest BCUT2D eigenvalue weighted by Crippen LogP contribution is 2.33. The number of aryl methyl sites for hydroxylation is 1. The van der Waals surface area contributed by atoms with E-state index in [1.807, 2.05) is 35.1 Å². The Morgan fingerprint density at radius 3 is 2.47 bits per heavy atom. The van der Waals surface area contributed by atoms with Gasteiger partial charge in [-0.05, 0) is 30.2 Å². The molecule has 1 aliphatic rings. The fourth-order valence-corrected chi connectivity index (χ4v) is 5.98. The summed E-state index contributed by atoms with van der Waals surface area (Å²) in [6.07, 6.45) is 0.376. The Kier molecular flexibility index (Phi) is 6.91. The van der Waals surface area contributed by atoms with Crippen molar-refractivity contribution in [1.82, 2.24) is 18.9 Å². The maximum absolute atomic E-state index is 13.3. The average Bonchev–Trinajstić information content (AvgIpc) is 3.13. The van der Waals surface area contributed by atoms with E-state index < -0.39 is 16.1 Å². The number of rotatable bonds is 5. The van der Waals surface area contributed by atoms with Crippen molar-refractivity contribution < 1.29 is 18.0 Å². The van der Waals surface area contributed by atoms with Crippen molar-refractivity contribution >= 4 is 56.1 Å². The molecular weight excluding hydrogens is 499 g/mol. The molecule has 0 spiro atoms. The van der Waals surface area contributed by atoms with Crippen LogP contribution in [0.25, 0.3) is 10.9 Å². The van der Waals surface area contributed by atoms with E-state index in [4.69, 9.17) is 23.2 Å². The van der Waals surface area contributed by atoms with Crippen molar-refractivity contribution in [3.05, 3.63) is 69.8 Å². The Hall–Kier alpha value is -2.59. The molecule has 180 valence electrons. The molecular formula is C23H24Cl2N4O4S. The third-order valence-electron chi connectivity index (χ3n) is 6.08. The first-order valence-electron chi connectivity index (χ1n) is 10.7. The maximum atomic E-state index is 13.3. The third-order valence-corrected chi connectivity index (χ3v) is 8.45. The van der Waals surface area contributed by atoms with Gasteiger partial charge in [0, 0.05) is 49.9 Å². The van der Waals surface area contributed by atoms with Gasteiger partial charge < -0.3 is 9.88 Å². The first kappa shape index (κ1) is 24.5. The summed E-state index contributed by atoms with van der Waals surface area (Å²) in [5.41, 5.74) is 2.08. The minimum absolute atomic E-state index is 0.119. The summed E-state index contributed by atoms with van der Waals surface area (Å²) in [5.74, 6) is -1.26. The van der Waals surface area contributed by atoms with Crippen LogP contribution in [0.15, 0.2) is 48.5 Å². The zero-order valence-corrected chi connectivity index (χ0v) is 20.9. The number of carbonyl (C=O) groups excluding carboxylic acids is 2. The van der Waals surface area contributed by atoms with Gasteiger partial charge in [0.25, 0.3) is 5.91 Å². The van der Waals surface area contributed by atoms with Gasteiger partial charge in [0.2, 0.25) is 5.91 Å². The molecule has 0 bridgehead atoms. The van der Waals surface area contributed by atoms with Gasteiger partial charge in [-0.3, -0.25) is 9.59 Å². The van der Waals surface area contributed by atoms with E-state index in [2.05, 4.69) is 5.32 Å². The zero-order valence-electron chi connectivity index (χ0n) is 18.6. The quantitative estimate of drug-likeness (QED) is 0.535. The molecule has 1 aliphatic heterocycles. The molecule has 1 aromatic heterocycles. The molecule has 2 amide bonds. The fraction of sp³-hybridized carbons (Fsp3) is 0.304. The molecule has 4 rings (SSSR count). The number of nitrogens with one attached hydrogen (secondary N) is 2. The van der Waals surface area contributed by atoms with Gasteiger partial charge in [0.1, 0.15) is 5.69 Å². The van der Waals surface area contributed by atoms with E-state index in [-0.39, 0.29) is 31.0 Å². The summed E-state index contributed by atoms with van der Waals surface area (Å²) >= 11 is 12.5. The number of hydrogen-bond acceptors (Lipinski definition) is 4. The van der Waals surface area contributed by atoms with Crippen molar-refractivity contribution in [2.45, 2.75) is 25.3 Å². The van der Waals surface area contributed by atoms with Gasteiger partial charge in [0.15, 0.2) is 0 Å². The van der Waals surface area contributed by atoms with Crippen molar-refractivity contribution in [3.63, 3.8) is 0 Å². The standard InChI is InChI=1S/C23H24Cl2N4O4S/c1-14(30)27-34(32,33)29-11-10-19(17(13-29)15-6-4-3-5-7-15)26-23(31)21-12-16-20(28(21)2)9-8-18(24)22(16)25/h3-9,12,17,19H,10-11,13H2,1-2H3,(H,26,31)(H,27,30). The molecule has 11 heteroatoms. The summed E-state index contributed by atoms with van der Waals surface area (Å²) in [6, 6.07) is 14.3. The highest BCUT2D eigenvalue weighted by molar-refractivity contribution is 7.87. The van der Waals surface area contributed by atoms with Gasteiger partial charge in [-0.25, -0.2) is 4.72 Å². The molecule has 34 heavy (non-hydrogen) atoms. The molecule has 0 aliphatic carbocycles. The molecule has 0 radical (unpaired) electrons. The van der Waals surface area contributed by atoms with E-state index in [1.165, 1.54) is 4.31 Å². The molecule has 8 nitrogen and oxygen atoms in total. The van der Waals surface area contributed by atoms with E-state index in [9.17, 15) is 18.0 Å². The lowest BCUT2D eigenvalue weighted by Gasteiger charge is -2.38. The average molecular weight is 523 g/mol. The van der Waals surface area contributed by atoms with E-state index in [0.29, 0.717) is 27.5 Å². The largest absolute Gasteiger partial charge is 0.347 e. The molecule has 2 heterocycles. The third kappa shape index (κ3) is 4.79. The number of benzene rings is 2. The van der Waals surface area contributed by atoms with Gasteiger partial charge in [-0.2, -0.15) is 12.7 Å². The van der Waals surface area contributed by atoms with Crippen LogP contribution in [0.4, 0.5) is 0 Å². The number of fused-ring (bicyclic) bond motifs is 1. The monoisotopic (exact) mass is 522 g/mol. The molecule has 2 atom stereocenters. The van der Waals surface area contributed by atoms with Crippen LogP contribution < -0.4 is 10.0 Å². The van der Waals surface area contributed by atoms with Crippen molar-refractivity contribution in [3.8, 4) is 0 Å². The van der Waals surface area contributed by atoms with E-state index in [0.717, 1.165) is 18.0 Å². The number of aromatic nitrogens is 1. The zero-order chi connectivity index (χ0) is 24.6. The first-order valence-corrected chi connectivity index (χ1v) is 12.9. The minimum Gasteiger partial charge on any atom is -0.347 e. The van der Waals surface area contributed by atoms with Crippen LogP contribution in [0.5, 0.6) is 0 Å². The van der Waals surface area contributed by atoms with Gasteiger partial charge in [-0.15, -0.1) is 0 Å². The lowest BCUT2D eigenvalue weighted by atomic mass is 9.87. The van der Waals surface area contributed by atoms with Crippen LogP contribution in [-0.4, -0.2) is 48.2 Å². The smallest absolute Gasteiger partial charge is 0.303 e. The number of halogens is 2. The predicted octanol–water partition coefficient (Wildman–Crippen LogP) is 3.45. The van der Waals surface area contributed by atoms with Crippen molar-refractivity contribution in [2.24, 2.45) is 7.05 Å². The van der Waals surface area contributed by atoms with Crippen LogP contribution in [0.3, 0.4) is 0 Å². The molecule has 2 unspecified atom stereocenters. The normalized spacial score (nSPS) is 19.2. The SMILES string of the molecule is CC(=O)NS(=O)(=O)N1CCC(NC(=O)c2cc3c(Cl)c(Cl)ccc3n2C)C(c2ccccc2)C1.